The van der Waals surface area contributed by atoms with E-state index in [9.17, 15) is 18.3 Å². The maximum atomic E-state index is 14.0. The van der Waals surface area contributed by atoms with Gasteiger partial charge in [0.2, 0.25) is 15.9 Å². The van der Waals surface area contributed by atoms with Crippen LogP contribution in [0.15, 0.2) is 120 Å². The van der Waals surface area contributed by atoms with Crippen LogP contribution in [0.25, 0.3) is 0 Å². The van der Waals surface area contributed by atoms with E-state index in [-0.39, 0.29) is 36.0 Å². The molecule has 0 saturated carbocycles. The lowest BCUT2D eigenvalue weighted by Crippen LogP contribution is -2.45. The van der Waals surface area contributed by atoms with Gasteiger partial charge in [0.05, 0.1) is 37.9 Å². The van der Waals surface area contributed by atoms with Crippen LogP contribution in [-0.4, -0.2) is 63.8 Å². The SMILES string of the molecule is COc1cc2c(cc1OC)CN(C[C@H]1O[C@@H](c3cccc(NC(=O)[C@@H](Cc4ccccc4)NS(=O)(=O)c4ccc(C)cc4)c3)O[C@@H](c3ccc(CO)cc3)[C@H]1C)CC2. The fourth-order valence-corrected chi connectivity index (χ4v) is 8.88. The van der Waals surface area contributed by atoms with Gasteiger partial charge in [-0.1, -0.05) is 91.3 Å². The fourth-order valence-electron chi connectivity index (χ4n) is 7.68. The largest absolute Gasteiger partial charge is 0.493 e. The standard InChI is InChI=1S/C46H51N3O8S/c1-30-13-19-39(20-14-30)58(52,53)48-40(23-32-9-6-5-7-10-32)45(51)47-38-12-8-11-36(24-38)46-56-43(31(2)44(57-46)34-17-15-33(29-50)16-18-34)28-49-22-21-35-25-41(54-3)42(55-4)26-37(35)27-49/h5-20,24-26,31,40,43-44,46,48,50H,21-23,27-29H2,1-4H3,(H,47,51)/t31-,40+,43+,44+,46+/m0/s1. The van der Waals surface area contributed by atoms with E-state index < -0.39 is 28.3 Å². The summed E-state index contributed by atoms with van der Waals surface area (Å²) >= 11 is 0. The average Bonchev–Trinajstić information content (AvgIpc) is 3.24. The van der Waals surface area contributed by atoms with E-state index in [2.05, 4.69) is 34.0 Å². The number of carbonyl (C=O) groups excluding carboxylic acids is 1. The van der Waals surface area contributed by atoms with Crippen molar-refractivity contribution in [2.75, 3.05) is 32.6 Å². The number of aliphatic hydroxyl groups excluding tert-OH is 1. The number of aryl methyl sites for hydroxylation is 1. The highest BCUT2D eigenvalue weighted by atomic mass is 32.2. The van der Waals surface area contributed by atoms with Crippen LogP contribution in [0.5, 0.6) is 11.5 Å². The summed E-state index contributed by atoms with van der Waals surface area (Å²) < 4.78 is 54.4. The molecule has 3 N–H and O–H groups in total. The smallest absolute Gasteiger partial charge is 0.242 e. The minimum Gasteiger partial charge on any atom is -0.493 e. The predicted molar refractivity (Wildman–Crippen MR) is 222 cm³/mol. The Hall–Kier alpha value is -5.08. The summed E-state index contributed by atoms with van der Waals surface area (Å²) in [6.07, 6.45) is -0.335. The molecule has 58 heavy (non-hydrogen) atoms. The van der Waals surface area contributed by atoms with Crippen molar-refractivity contribution in [1.82, 2.24) is 9.62 Å². The molecular weight excluding hydrogens is 755 g/mol. The lowest BCUT2D eigenvalue weighted by Gasteiger charge is -2.43. The highest BCUT2D eigenvalue weighted by Crippen LogP contribution is 2.43. The van der Waals surface area contributed by atoms with Crippen molar-refractivity contribution >= 4 is 21.6 Å². The zero-order chi connectivity index (χ0) is 40.8. The molecule has 304 valence electrons. The Morgan fingerprint density at radius 1 is 0.845 bits per heavy atom. The molecule has 5 aromatic rings. The van der Waals surface area contributed by atoms with E-state index in [1.54, 1.807) is 32.4 Å². The highest BCUT2D eigenvalue weighted by molar-refractivity contribution is 7.89. The minimum atomic E-state index is -4.02. The molecule has 2 aliphatic heterocycles. The molecule has 0 spiro atoms. The summed E-state index contributed by atoms with van der Waals surface area (Å²) in [6.45, 7) is 6.18. The number of anilines is 1. The van der Waals surface area contributed by atoms with Gasteiger partial charge in [-0.25, -0.2) is 8.42 Å². The molecule has 0 unspecified atom stereocenters. The lowest BCUT2D eigenvalue weighted by molar-refractivity contribution is -0.276. The van der Waals surface area contributed by atoms with Crippen molar-refractivity contribution in [1.29, 1.82) is 0 Å². The van der Waals surface area contributed by atoms with Gasteiger partial charge in [0.15, 0.2) is 17.8 Å². The highest BCUT2D eigenvalue weighted by Gasteiger charge is 2.40. The number of benzene rings is 5. The fraction of sp³-hybridized carbons (Fsp3) is 0.326. The number of ether oxygens (including phenoxy) is 4. The number of hydrogen-bond donors (Lipinski definition) is 3. The monoisotopic (exact) mass is 805 g/mol. The Morgan fingerprint density at radius 2 is 1.55 bits per heavy atom. The third-order valence-electron chi connectivity index (χ3n) is 11.0. The average molecular weight is 806 g/mol. The van der Waals surface area contributed by atoms with E-state index in [0.29, 0.717) is 23.5 Å². The number of nitrogens with one attached hydrogen (secondary N) is 2. The molecule has 11 nitrogen and oxygen atoms in total. The van der Waals surface area contributed by atoms with Gasteiger partial charge < -0.3 is 29.4 Å². The molecular formula is C46H51N3O8S. The van der Waals surface area contributed by atoms with Gasteiger partial charge in [-0.2, -0.15) is 4.72 Å². The van der Waals surface area contributed by atoms with Crippen molar-refractivity contribution in [3.05, 3.63) is 154 Å². The molecule has 0 bridgehead atoms. The number of sulfonamides is 1. The first-order valence-corrected chi connectivity index (χ1v) is 21.0. The number of fused-ring (bicyclic) bond motifs is 1. The zero-order valence-corrected chi connectivity index (χ0v) is 34.1. The van der Waals surface area contributed by atoms with Crippen LogP contribution in [0.1, 0.15) is 58.3 Å². The second-order valence-electron chi connectivity index (χ2n) is 15.1. The van der Waals surface area contributed by atoms with Gasteiger partial charge in [-0.3, -0.25) is 9.69 Å². The molecule has 1 saturated heterocycles. The number of hydrogen-bond acceptors (Lipinski definition) is 9. The molecule has 5 aromatic carbocycles. The molecule has 7 rings (SSSR count). The first-order chi connectivity index (χ1) is 28.0. The molecule has 1 fully saturated rings. The number of nitrogens with zero attached hydrogens (tertiary/aromatic N) is 1. The van der Waals surface area contributed by atoms with Crippen LogP contribution < -0.4 is 19.5 Å². The van der Waals surface area contributed by atoms with Gasteiger partial charge in [0.25, 0.3) is 0 Å². The van der Waals surface area contributed by atoms with E-state index in [1.807, 2.05) is 79.7 Å². The summed E-state index contributed by atoms with van der Waals surface area (Å²) in [4.78, 5) is 16.5. The first kappa shape index (κ1) is 41.1. The molecule has 1 amide bonds. The zero-order valence-electron chi connectivity index (χ0n) is 33.3. The lowest BCUT2D eigenvalue weighted by atomic mass is 9.89. The summed E-state index contributed by atoms with van der Waals surface area (Å²) in [5.41, 5.74) is 7.11. The van der Waals surface area contributed by atoms with Crippen LogP contribution in [-0.2, 0) is 50.3 Å². The van der Waals surface area contributed by atoms with Crippen molar-refractivity contribution in [3.63, 3.8) is 0 Å². The molecule has 12 heteroatoms. The second-order valence-corrected chi connectivity index (χ2v) is 16.8. The number of amides is 1. The van der Waals surface area contributed by atoms with Gasteiger partial charge in [-0.05, 0) is 84.0 Å². The topological polar surface area (TPSA) is 136 Å². The maximum absolute atomic E-state index is 14.0. The number of aliphatic hydroxyl groups is 1. The normalized spacial score (nSPS) is 20.2. The van der Waals surface area contributed by atoms with Gasteiger partial charge >= 0.3 is 0 Å². The van der Waals surface area contributed by atoms with Crippen molar-refractivity contribution in [2.45, 2.75) is 69.3 Å². The van der Waals surface area contributed by atoms with Gasteiger partial charge in [-0.15, -0.1) is 0 Å². The van der Waals surface area contributed by atoms with Gasteiger partial charge in [0.1, 0.15) is 6.04 Å². The summed E-state index contributed by atoms with van der Waals surface area (Å²) in [5.74, 6) is 0.885. The summed E-state index contributed by atoms with van der Waals surface area (Å²) in [5, 5.41) is 12.7. The predicted octanol–water partition coefficient (Wildman–Crippen LogP) is 6.88. The summed E-state index contributed by atoms with van der Waals surface area (Å²) in [7, 11) is -0.727. The van der Waals surface area contributed by atoms with Crippen molar-refractivity contribution < 1.29 is 37.3 Å². The van der Waals surface area contributed by atoms with Crippen molar-refractivity contribution in [3.8, 4) is 11.5 Å². The Morgan fingerprint density at radius 3 is 2.24 bits per heavy atom. The van der Waals surface area contributed by atoms with Gasteiger partial charge in [0, 0.05) is 36.8 Å². The second kappa shape index (κ2) is 18.2. The maximum Gasteiger partial charge on any atom is 0.242 e. The number of carbonyl (C=O) groups is 1. The first-order valence-electron chi connectivity index (χ1n) is 19.5. The third-order valence-corrected chi connectivity index (χ3v) is 12.5. The number of rotatable bonds is 14. The van der Waals surface area contributed by atoms with E-state index in [0.717, 1.165) is 47.5 Å². The van der Waals surface area contributed by atoms with E-state index in [4.69, 9.17) is 18.9 Å². The molecule has 2 aliphatic rings. The molecule has 0 radical (unpaired) electrons. The third kappa shape index (κ3) is 9.61. The van der Waals surface area contributed by atoms with Crippen LogP contribution in [0.4, 0.5) is 5.69 Å². The van der Waals surface area contributed by atoms with Crippen LogP contribution in [0.2, 0.25) is 0 Å². The molecule has 0 aliphatic carbocycles. The summed E-state index contributed by atoms with van der Waals surface area (Å²) in [6, 6.07) is 33.9. The minimum absolute atomic E-state index is 0.0359. The van der Waals surface area contributed by atoms with E-state index in [1.165, 1.54) is 23.3 Å². The number of methoxy groups -OCH3 is 2. The Balaban J connectivity index is 1.13. The van der Waals surface area contributed by atoms with E-state index >= 15 is 0 Å². The van der Waals surface area contributed by atoms with Crippen LogP contribution in [0, 0.1) is 12.8 Å². The van der Waals surface area contributed by atoms with Crippen LogP contribution >= 0.6 is 0 Å². The molecule has 2 heterocycles. The van der Waals surface area contributed by atoms with Crippen LogP contribution in [0.3, 0.4) is 0 Å². The Labute approximate surface area is 341 Å². The Bertz CT molecular complexity index is 2290. The Kier molecular flexibility index (Phi) is 12.9. The quantitative estimate of drug-likeness (QED) is 0.110. The van der Waals surface area contributed by atoms with Crippen molar-refractivity contribution in [2.24, 2.45) is 5.92 Å². The molecule has 0 aromatic heterocycles. The molecule has 5 atom stereocenters.